The Labute approximate surface area is 179 Å². The van der Waals surface area contributed by atoms with E-state index < -0.39 is 35.0 Å². The molecule has 31 heavy (non-hydrogen) atoms. The van der Waals surface area contributed by atoms with Crippen molar-refractivity contribution in [3.8, 4) is 6.07 Å². The Morgan fingerprint density at radius 2 is 1.77 bits per heavy atom. The molecule has 1 aliphatic rings. The van der Waals surface area contributed by atoms with Crippen LogP contribution in [0.1, 0.15) is 25.0 Å². The standard InChI is InChI=1S/C21H15F3N2O4S/c1-20(2)29-18(27)15(19(28)30-20)11-26-16-8-12(10-25)6-7-17(16)31-14-5-3-4-13(9-14)21(22,23)24/h3-9,11,26H,1-2H3. The topological polar surface area (TPSA) is 88.4 Å². The highest BCUT2D eigenvalue weighted by atomic mass is 32.2. The predicted molar refractivity (Wildman–Crippen MR) is 105 cm³/mol. The van der Waals surface area contributed by atoms with Gasteiger partial charge in [-0.25, -0.2) is 9.59 Å². The maximum atomic E-state index is 13.0. The molecule has 0 spiro atoms. The van der Waals surface area contributed by atoms with Crippen LogP contribution in [-0.4, -0.2) is 17.7 Å². The maximum absolute atomic E-state index is 13.0. The van der Waals surface area contributed by atoms with Crippen LogP contribution in [0.3, 0.4) is 0 Å². The van der Waals surface area contributed by atoms with Crippen molar-refractivity contribution in [1.29, 1.82) is 5.26 Å². The van der Waals surface area contributed by atoms with Crippen LogP contribution in [-0.2, 0) is 25.2 Å². The van der Waals surface area contributed by atoms with Crippen molar-refractivity contribution in [2.24, 2.45) is 0 Å². The van der Waals surface area contributed by atoms with Gasteiger partial charge in [-0.1, -0.05) is 17.8 Å². The van der Waals surface area contributed by atoms with Crippen LogP contribution < -0.4 is 5.32 Å². The summed E-state index contributed by atoms with van der Waals surface area (Å²) in [6.07, 6.45) is -3.41. The number of nitrogens with zero attached hydrogens (tertiary/aromatic N) is 1. The Bertz CT molecular complexity index is 1100. The van der Waals surface area contributed by atoms with Gasteiger partial charge in [0.2, 0.25) is 0 Å². The summed E-state index contributed by atoms with van der Waals surface area (Å²) in [5.74, 6) is -3.17. The molecule has 0 radical (unpaired) electrons. The van der Waals surface area contributed by atoms with Gasteiger partial charge in [0.1, 0.15) is 0 Å². The fourth-order valence-corrected chi connectivity index (χ4v) is 3.54. The molecule has 1 aliphatic heterocycles. The van der Waals surface area contributed by atoms with Crippen molar-refractivity contribution in [3.05, 3.63) is 65.4 Å². The van der Waals surface area contributed by atoms with Crippen LogP contribution in [0.4, 0.5) is 18.9 Å². The van der Waals surface area contributed by atoms with Crippen molar-refractivity contribution in [2.45, 2.75) is 35.6 Å². The number of halogens is 3. The smallest absolute Gasteiger partial charge is 0.416 e. The second kappa shape index (κ2) is 8.35. The summed E-state index contributed by atoms with van der Waals surface area (Å²) >= 11 is 1.02. The summed E-state index contributed by atoms with van der Waals surface area (Å²) in [6.45, 7) is 2.82. The van der Waals surface area contributed by atoms with E-state index in [4.69, 9.17) is 14.7 Å². The van der Waals surface area contributed by atoms with Gasteiger partial charge in [-0.2, -0.15) is 18.4 Å². The average molecular weight is 448 g/mol. The summed E-state index contributed by atoms with van der Waals surface area (Å²) in [7, 11) is 0. The molecule has 1 heterocycles. The molecule has 0 atom stereocenters. The third-order valence-electron chi connectivity index (χ3n) is 3.99. The Kier molecular flexibility index (Phi) is 5.99. The number of hydrogen-bond acceptors (Lipinski definition) is 7. The van der Waals surface area contributed by atoms with Crippen molar-refractivity contribution in [3.63, 3.8) is 0 Å². The van der Waals surface area contributed by atoms with Crippen LogP contribution in [0.5, 0.6) is 0 Å². The Hall–Kier alpha value is -3.45. The minimum atomic E-state index is -4.48. The van der Waals surface area contributed by atoms with Gasteiger partial charge >= 0.3 is 18.1 Å². The highest BCUT2D eigenvalue weighted by Crippen LogP contribution is 2.37. The zero-order valence-corrected chi connectivity index (χ0v) is 17.1. The number of nitriles is 1. The number of esters is 2. The highest BCUT2D eigenvalue weighted by Gasteiger charge is 2.39. The zero-order valence-electron chi connectivity index (χ0n) is 16.2. The van der Waals surface area contributed by atoms with Crippen molar-refractivity contribution < 1.29 is 32.2 Å². The third kappa shape index (κ3) is 5.38. The molecule has 0 saturated carbocycles. The number of carbonyl (C=O) groups excluding carboxylic acids is 2. The molecular formula is C21H15F3N2O4S. The van der Waals surface area contributed by atoms with Crippen LogP contribution in [0, 0.1) is 11.3 Å². The Balaban J connectivity index is 1.90. The van der Waals surface area contributed by atoms with E-state index in [-0.39, 0.29) is 5.56 Å². The quantitative estimate of drug-likeness (QED) is 0.406. The Morgan fingerprint density at radius 3 is 2.39 bits per heavy atom. The van der Waals surface area contributed by atoms with Gasteiger partial charge in [0.05, 0.1) is 22.9 Å². The molecule has 0 bridgehead atoms. The molecule has 10 heteroatoms. The second-order valence-corrected chi connectivity index (χ2v) is 7.95. The summed E-state index contributed by atoms with van der Waals surface area (Å²) < 4.78 is 49.0. The van der Waals surface area contributed by atoms with Crippen LogP contribution in [0.25, 0.3) is 0 Å². The fourth-order valence-electron chi connectivity index (χ4n) is 2.59. The number of nitrogens with one attached hydrogen (secondary N) is 1. The van der Waals surface area contributed by atoms with Crippen LogP contribution in [0.2, 0.25) is 0 Å². The molecule has 0 unspecified atom stereocenters. The fraction of sp³-hybridized carbons (Fsp3) is 0.190. The molecule has 0 amide bonds. The summed E-state index contributed by atoms with van der Waals surface area (Å²) in [5, 5.41) is 11.9. The molecule has 1 fully saturated rings. The van der Waals surface area contributed by atoms with Crippen LogP contribution >= 0.6 is 11.8 Å². The molecule has 2 aromatic rings. The number of carbonyl (C=O) groups is 2. The zero-order chi connectivity index (χ0) is 22.8. The van der Waals surface area contributed by atoms with E-state index in [9.17, 15) is 22.8 Å². The lowest BCUT2D eigenvalue weighted by molar-refractivity contribution is -0.222. The highest BCUT2D eigenvalue weighted by molar-refractivity contribution is 7.99. The number of ether oxygens (including phenoxy) is 2. The molecule has 6 nitrogen and oxygen atoms in total. The number of anilines is 1. The minimum Gasteiger partial charge on any atom is -0.419 e. The minimum absolute atomic E-state index is 0.268. The van der Waals surface area contributed by atoms with Crippen molar-refractivity contribution >= 4 is 29.4 Å². The van der Waals surface area contributed by atoms with E-state index in [2.05, 4.69) is 5.32 Å². The number of hydrogen-bond donors (Lipinski definition) is 1. The predicted octanol–water partition coefficient (Wildman–Crippen LogP) is 4.86. The average Bonchev–Trinajstić information content (AvgIpc) is 2.67. The van der Waals surface area contributed by atoms with E-state index in [1.165, 1.54) is 38.1 Å². The molecule has 1 N–H and O–H groups in total. The van der Waals surface area contributed by atoms with E-state index in [0.29, 0.717) is 15.5 Å². The van der Waals surface area contributed by atoms with E-state index in [1.54, 1.807) is 6.07 Å². The lowest BCUT2D eigenvalue weighted by Gasteiger charge is -2.29. The first-order chi connectivity index (χ1) is 14.5. The maximum Gasteiger partial charge on any atom is 0.416 e. The molecule has 160 valence electrons. The molecule has 1 saturated heterocycles. The van der Waals surface area contributed by atoms with Crippen LogP contribution in [0.15, 0.2) is 64.0 Å². The molecule has 0 aromatic heterocycles. The second-order valence-electron chi connectivity index (χ2n) is 6.83. The molecule has 2 aromatic carbocycles. The first-order valence-corrected chi connectivity index (χ1v) is 9.63. The van der Waals surface area contributed by atoms with Gasteiger partial charge in [0, 0.05) is 29.8 Å². The lowest BCUT2D eigenvalue weighted by Crippen LogP contribution is -2.42. The van der Waals surface area contributed by atoms with Gasteiger partial charge in [-0.05, 0) is 36.4 Å². The third-order valence-corrected chi connectivity index (χ3v) is 5.05. The normalized spacial score (nSPS) is 15.5. The van der Waals surface area contributed by atoms with Gasteiger partial charge in [0.15, 0.2) is 5.57 Å². The first-order valence-electron chi connectivity index (χ1n) is 8.81. The van der Waals surface area contributed by atoms with Crippen molar-refractivity contribution in [1.82, 2.24) is 0 Å². The summed E-state index contributed by atoms with van der Waals surface area (Å²) in [5.41, 5.74) is -0.613. The number of cyclic esters (lactones) is 2. The van der Waals surface area contributed by atoms with Gasteiger partial charge in [-0.15, -0.1) is 0 Å². The number of benzene rings is 2. The largest absolute Gasteiger partial charge is 0.419 e. The van der Waals surface area contributed by atoms with E-state index >= 15 is 0 Å². The van der Waals surface area contributed by atoms with E-state index in [1.807, 2.05) is 6.07 Å². The first kappa shape index (κ1) is 22.2. The van der Waals surface area contributed by atoms with Gasteiger partial charge in [0.25, 0.3) is 5.79 Å². The summed E-state index contributed by atoms with van der Waals surface area (Å²) in [4.78, 5) is 24.9. The number of alkyl halides is 3. The van der Waals surface area contributed by atoms with E-state index in [0.717, 1.165) is 30.1 Å². The van der Waals surface area contributed by atoms with Gasteiger partial charge < -0.3 is 14.8 Å². The van der Waals surface area contributed by atoms with Crippen molar-refractivity contribution in [2.75, 3.05) is 5.32 Å². The monoisotopic (exact) mass is 448 g/mol. The molecule has 3 rings (SSSR count). The SMILES string of the molecule is CC1(C)OC(=O)C(=CNc2cc(C#N)ccc2Sc2cccc(C(F)(F)F)c2)C(=O)O1. The lowest BCUT2D eigenvalue weighted by atomic mass is 10.2. The molecule has 0 aliphatic carbocycles. The number of rotatable bonds is 4. The van der Waals surface area contributed by atoms with Gasteiger partial charge in [-0.3, -0.25) is 0 Å². The summed E-state index contributed by atoms with van der Waals surface area (Å²) in [6, 6.07) is 11.2. The Morgan fingerprint density at radius 1 is 1.10 bits per heavy atom. The molecular weight excluding hydrogens is 433 g/mol.